The summed E-state index contributed by atoms with van der Waals surface area (Å²) in [6, 6.07) is 26.9. The van der Waals surface area contributed by atoms with Crippen molar-refractivity contribution in [1.29, 1.82) is 0 Å². The quantitative estimate of drug-likeness (QED) is 0.462. The van der Waals surface area contributed by atoms with Crippen LogP contribution in [-0.4, -0.2) is 31.1 Å². The van der Waals surface area contributed by atoms with Crippen LogP contribution in [0.15, 0.2) is 78.9 Å². The number of rotatable bonds is 6. The first kappa shape index (κ1) is 19.0. The molecule has 0 aliphatic carbocycles. The van der Waals surface area contributed by atoms with E-state index in [1.165, 1.54) is 5.56 Å². The number of methoxy groups -OCH3 is 1. The predicted molar refractivity (Wildman–Crippen MR) is 121 cm³/mol. The fourth-order valence-corrected chi connectivity index (χ4v) is 3.46. The number of hydrogen-bond donors (Lipinski definition) is 1. The van der Waals surface area contributed by atoms with Crippen molar-refractivity contribution in [2.24, 2.45) is 0 Å². The molecule has 0 atom stereocenters. The Kier molecular flexibility index (Phi) is 5.45. The Morgan fingerprint density at radius 3 is 2.45 bits per heavy atom. The number of nitrogens with one attached hydrogen (secondary N) is 1. The summed E-state index contributed by atoms with van der Waals surface area (Å²) in [5.74, 6) is 0.839. The number of benzene rings is 3. The monoisotopic (exact) mass is 383 g/mol. The minimum atomic E-state index is 0.839. The highest BCUT2D eigenvalue weighted by Gasteiger charge is 2.09. The van der Waals surface area contributed by atoms with Crippen LogP contribution in [-0.2, 0) is 6.54 Å². The highest BCUT2D eigenvalue weighted by atomic mass is 16.5. The number of nitrogens with zero attached hydrogens (tertiary/aromatic N) is 2. The molecule has 4 rings (SSSR count). The maximum absolute atomic E-state index is 5.28. The van der Waals surface area contributed by atoms with Crippen molar-refractivity contribution in [1.82, 2.24) is 9.88 Å². The van der Waals surface area contributed by atoms with E-state index in [1.807, 2.05) is 36.4 Å². The first-order valence-electron chi connectivity index (χ1n) is 9.67. The van der Waals surface area contributed by atoms with E-state index >= 15 is 0 Å². The fourth-order valence-electron chi connectivity index (χ4n) is 3.46. The minimum Gasteiger partial charge on any atom is -0.497 e. The summed E-state index contributed by atoms with van der Waals surface area (Å²) in [7, 11) is 5.84. The molecule has 0 fully saturated rings. The zero-order chi connectivity index (χ0) is 20.2. The van der Waals surface area contributed by atoms with Crippen LogP contribution in [0.4, 0.5) is 11.4 Å². The van der Waals surface area contributed by atoms with Crippen LogP contribution in [0.5, 0.6) is 5.75 Å². The van der Waals surface area contributed by atoms with Crippen LogP contribution >= 0.6 is 0 Å². The van der Waals surface area contributed by atoms with Gasteiger partial charge in [-0.2, -0.15) is 0 Å². The van der Waals surface area contributed by atoms with E-state index in [2.05, 4.69) is 66.8 Å². The molecule has 0 aliphatic heterocycles. The van der Waals surface area contributed by atoms with Crippen molar-refractivity contribution in [3.05, 3.63) is 84.4 Å². The number of para-hydroxylation sites is 1. The van der Waals surface area contributed by atoms with E-state index in [-0.39, 0.29) is 0 Å². The summed E-state index contributed by atoms with van der Waals surface area (Å²) in [5.41, 5.74) is 6.34. The molecule has 0 radical (unpaired) electrons. The Bertz CT molecular complexity index is 1120. The molecule has 146 valence electrons. The molecule has 0 unspecified atom stereocenters. The minimum absolute atomic E-state index is 0.839. The van der Waals surface area contributed by atoms with E-state index in [1.54, 1.807) is 7.11 Å². The zero-order valence-corrected chi connectivity index (χ0v) is 17.0. The molecule has 0 saturated heterocycles. The second kappa shape index (κ2) is 8.33. The number of pyridine rings is 1. The molecule has 0 spiro atoms. The number of aromatic nitrogens is 1. The fraction of sp³-hybridized carbons (Fsp3) is 0.160. The first-order chi connectivity index (χ1) is 14.1. The molecule has 1 heterocycles. The van der Waals surface area contributed by atoms with Crippen LogP contribution in [0, 0.1) is 0 Å². The maximum atomic E-state index is 5.28. The van der Waals surface area contributed by atoms with E-state index in [0.717, 1.165) is 45.8 Å². The van der Waals surface area contributed by atoms with Crippen molar-refractivity contribution in [2.45, 2.75) is 6.54 Å². The number of fused-ring (bicyclic) bond motifs is 1. The summed E-state index contributed by atoms with van der Waals surface area (Å²) in [6.45, 7) is 0.906. The van der Waals surface area contributed by atoms with Gasteiger partial charge in [0.05, 0.1) is 24.0 Å². The standard InChI is InChI=1S/C25H25N3O/c1-28(2)17-18-7-6-8-20(15-18)26-25-16-24(19-11-13-21(29-3)14-12-19)27-23-10-5-4-9-22(23)25/h4-16H,17H2,1-3H3,(H,26,27). The predicted octanol–water partition coefficient (Wildman–Crippen LogP) is 5.72. The van der Waals surface area contributed by atoms with Gasteiger partial charge in [0.15, 0.2) is 0 Å². The van der Waals surface area contributed by atoms with Gasteiger partial charge in [0.25, 0.3) is 0 Å². The Morgan fingerprint density at radius 1 is 0.897 bits per heavy atom. The molecule has 29 heavy (non-hydrogen) atoms. The van der Waals surface area contributed by atoms with Crippen molar-refractivity contribution >= 4 is 22.3 Å². The van der Waals surface area contributed by atoms with Gasteiger partial charge in [-0.05, 0) is 68.2 Å². The van der Waals surface area contributed by atoms with Gasteiger partial charge >= 0.3 is 0 Å². The SMILES string of the molecule is COc1ccc(-c2cc(Nc3cccc(CN(C)C)c3)c3ccccc3n2)cc1. The highest BCUT2D eigenvalue weighted by Crippen LogP contribution is 2.31. The summed E-state index contributed by atoms with van der Waals surface area (Å²) in [6.07, 6.45) is 0. The Morgan fingerprint density at radius 2 is 1.69 bits per heavy atom. The van der Waals surface area contributed by atoms with Crippen LogP contribution in [0.1, 0.15) is 5.56 Å². The molecule has 0 aliphatic rings. The third-order valence-electron chi connectivity index (χ3n) is 4.81. The van der Waals surface area contributed by atoms with Gasteiger partial charge in [-0.3, -0.25) is 0 Å². The van der Waals surface area contributed by atoms with E-state index in [9.17, 15) is 0 Å². The molecule has 3 aromatic carbocycles. The average Bonchev–Trinajstić information content (AvgIpc) is 2.73. The van der Waals surface area contributed by atoms with Crippen molar-refractivity contribution < 1.29 is 4.74 Å². The normalized spacial score (nSPS) is 11.0. The molecule has 1 aromatic heterocycles. The third-order valence-corrected chi connectivity index (χ3v) is 4.81. The van der Waals surface area contributed by atoms with Gasteiger partial charge in [0.2, 0.25) is 0 Å². The summed E-state index contributed by atoms with van der Waals surface area (Å²) in [5, 5.41) is 4.71. The topological polar surface area (TPSA) is 37.4 Å². The molecular weight excluding hydrogens is 358 g/mol. The summed E-state index contributed by atoms with van der Waals surface area (Å²) in [4.78, 5) is 7.04. The first-order valence-corrected chi connectivity index (χ1v) is 9.67. The van der Waals surface area contributed by atoms with Crippen LogP contribution in [0.3, 0.4) is 0 Å². The van der Waals surface area contributed by atoms with Gasteiger partial charge in [-0.25, -0.2) is 4.98 Å². The lowest BCUT2D eigenvalue weighted by Crippen LogP contribution is -2.10. The third kappa shape index (κ3) is 4.39. The van der Waals surface area contributed by atoms with Crippen molar-refractivity contribution in [3.63, 3.8) is 0 Å². The largest absolute Gasteiger partial charge is 0.497 e. The van der Waals surface area contributed by atoms with Crippen LogP contribution in [0.2, 0.25) is 0 Å². The summed E-state index contributed by atoms with van der Waals surface area (Å²) >= 11 is 0. The molecular formula is C25H25N3O. The molecule has 0 bridgehead atoms. The van der Waals surface area contributed by atoms with Gasteiger partial charge in [0.1, 0.15) is 5.75 Å². The lowest BCUT2D eigenvalue weighted by atomic mass is 10.1. The van der Waals surface area contributed by atoms with Gasteiger partial charge in [0, 0.05) is 23.2 Å². The highest BCUT2D eigenvalue weighted by molar-refractivity contribution is 5.95. The lowest BCUT2D eigenvalue weighted by molar-refractivity contribution is 0.402. The number of hydrogen-bond acceptors (Lipinski definition) is 4. The Hall–Kier alpha value is -3.37. The van der Waals surface area contributed by atoms with Crippen molar-refractivity contribution in [3.8, 4) is 17.0 Å². The Labute approximate surface area is 171 Å². The lowest BCUT2D eigenvalue weighted by Gasteiger charge is -2.14. The second-order valence-corrected chi connectivity index (χ2v) is 7.36. The molecule has 0 amide bonds. The average molecular weight is 383 g/mol. The molecule has 4 nitrogen and oxygen atoms in total. The maximum Gasteiger partial charge on any atom is 0.118 e. The van der Waals surface area contributed by atoms with Crippen LogP contribution in [0.25, 0.3) is 22.2 Å². The van der Waals surface area contributed by atoms with Gasteiger partial charge in [-0.1, -0.05) is 30.3 Å². The zero-order valence-electron chi connectivity index (χ0n) is 17.0. The second-order valence-electron chi connectivity index (χ2n) is 7.36. The van der Waals surface area contributed by atoms with E-state index < -0.39 is 0 Å². The molecule has 1 N–H and O–H groups in total. The van der Waals surface area contributed by atoms with Gasteiger partial charge < -0.3 is 15.0 Å². The Balaban J connectivity index is 1.75. The molecule has 4 aromatic rings. The smallest absolute Gasteiger partial charge is 0.118 e. The van der Waals surface area contributed by atoms with Gasteiger partial charge in [-0.15, -0.1) is 0 Å². The summed E-state index contributed by atoms with van der Waals surface area (Å²) < 4.78 is 5.28. The van der Waals surface area contributed by atoms with E-state index in [4.69, 9.17) is 9.72 Å². The number of ether oxygens (including phenoxy) is 1. The molecule has 4 heteroatoms. The number of anilines is 2. The molecule has 0 saturated carbocycles. The van der Waals surface area contributed by atoms with E-state index in [0.29, 0.717) is 0 Å². The van der Waals surface area contributed by atoms with Crippen LogP contribution < -0.4 is 10.1 Å². The van der Waals surface area contributed by atoms with Crippen molar-refractivity contribution in [2.75, 3.05) is 26.5 Å².